The summed E-state index contributed by atoms with van der Waals surface area (Å²) in [5.74, 6) is 0.364. The molecule has 1 fully saturated rings. The first kappa shape index (κ1) is 15.0. The Morgan fingerprint density at radius 3 is 2.20 bits per heavy atom. The van der Waals surface area contributed by atoms with E-state index in [1.165, 1.54) is 5.69 Å². The van der Waals surface area contributed by atoms with Crippen molar-refractivity contribution in [2.45, 2.75) is 27.2 Å². The summed E-state index contributed by atoms with van der Waals surface area (Å²) < 4.78 is 0. The van der Waals surface area contributed by atoms with E-state index in [1.807, 2.05) is 20.8 Å². The zero-order chi connectivity index (χ0) is 14.6. The third-order valence-electron chi connectivity index (χ3n) is 3.99. The number of para-hydroxylation sites is 1. The smallest absolute Gasteiger partial charge is 0.139 e. The summed E-state index contributed by atoms with van der Waals surface area (Å²) in [5, 5.41) is 0. The molecular weight excluding hydrogens is 248 g/mol. The van der Waals surface area contributed by atoms with E-state index in [-0.39, 0.29) is 5.41 Å². The Balaban J connectivity index is 1.76. The predicted octanol–water partition coefficient (Wildman–Crippen LogP) is 2.81. The van der Waals surface area contributed by atoms with Gasteiger partial charge in [0.25, 0.3) is 0 Å². The number of anilines is 1. The number of piperazine rings is 1. The van der Waals surface area contributed by atoms with Crippen LogP contribution >= 0.6 is 0 Å². The Kier molecular flexibility index (Phi) is 4.81. The van der Waals surface area contributed by atoms with Gasteiger partial charge in [-0.15, -0.1) is 0 Å². The van der Waals surface area contributed by atoms with Crippen LogP contribution in [0.1, 0.15) is 27.2 Å². The zero-order valence-electron chi connectivity index (χ0n) is 12.9. The molecule has 0 amide bonds. The highest BCUT2D eigenvalue weighted by Crippen LogP contribution is 2.18. The van der Waals surface area contributed by atoms with Gasteiger partial charge < -0.3 is 4.90 Å². The van der Waals surface area contributed by atoms with E-state index in [0.717, 1.165) is 32.7 Å². The van der Waals surface area contributed by atoms with E-state index in [2.05, 4.69) is 40.1 Å². The maximum Gasteiger partial charge on any atom is 0.139 e. The van der Waals surface area contributed by atoms with Crippen molar-refractivity contribution in [1.82, 2.24) is 4.90 Å². The Bertz CT molecular complexity index is 428. The molecule has 0 unspecified atom stereocenters. The minimum absolute atomic E-state index is 0.203. The largest absolute Gasteiger partial charge is 0.369 e. The number of hydrogen-bond donors (Lipinski definition) is 0. The molecule has 110 valence electrons. The first-order chi connectivity index (χ1) is 9.47. The first-order valence-corrected chi connectivity index (χ1v) is 7.52. The highest BCUT2D eigenvalue weighted by atomic mass is 16.1. The van der Waals surface area contributed by atoms with Gasteiger partial charge in [-0.1, -0.05) is 39.0 Å². The van der Waals surface area contributed by atoms with Crippen LogP contribution in [0.3, 0.4) is 0 Å². The molecule has 1 heterocycles. The van der Waals surface area contributed by atoms with Gasteiger partial charge in [0.15, 0.2) is 0 Å². The van der Waals surface area contributed by atoms with Crippen LogP contribution in [-0.2, 0) is 4.79 Å². The lowest BCUT2D eigenvalue weighted by Crippen LogP contribution is -2.47. The molecule has 0 N–H and O–H groups in total. The van der Waals surface area contributed by atoms with E-state index in [1.54, 1.807) is 0 Å². The molecule has 3 nitrogen and oxygen atoms in total. The summed E-state index contributed by atoms with van der Waals surface area (Å²) in [5.41, 5.74) is 1.10. The fourth-order valence-electron chi connectivity index (χ4n) is 2.50. The van der Waals surface area contributed by atoms with Gasteiger partial charge in [-0.05, 0) is 12.1 Å². The van der Waals surface area contributed by atoms with Crippen LogP contribution < -0.4 is 4.90 Å². The van der Waals surface area contributed by atoms with Gasteiger partial charge in [-0.3, -0.25) is 9.69 Å². The number of hydrogen-bond acceptors (Lipinski definition) is 3. The molecule has 3 heteroatoms. The summed E-state index contributed by atoms with van der Waals surface area (Å²) in [7, 11) is 0. The minimum Gasteiger partial charge on any atom is -0.369 e. The lowest BCUT2D eigenvalue weighted by Gasteiger charge is -2.36. The second-order valence-corrected chi connectivity index (χ2v) is 6.59. The molecule has 1 aliphatic heterocycles. The van der Waals surface area contributed by atoms with Crippen LogP contribution in [-0.4, -0.2) is 43.4 Å². The molecule has 0 bridgehead atoms. The summed E-state index contributed by atoms with van der Waals surface area (Å²) in [6.45, 7) is 11.1. The van der Waals surface area contributed by atoms with Crippen LogP contribution in [0.2, 0.25) is 0 Å². The molecule has 0 aromatic heterocycles. The molecule has 2 rings (SSSR count). The molecular formula is C17H26N2O. The molecule has 1 aromatic carbocycles. The van der Waals surface area contributed by atoms with Crippen molar-refractivity contribution < 1.29 is 4.79 Å². The van der Waals surface area contributed by atoms with E-state index in [4.69, 9.17) is 0 Å². The molecule has 1 aliphatic rings. The van der Waals surface area contributed by atoms with Gasteiger partial charge in [0, 0.05) is 50.2 Å². The minimum atomic E-state index is -0.203. The Morgan fingerprint density at radius 2 is 1.65 bits per heavy atom. The molecule has 0 radical (unpaired) electrons. The van der Waals surface area contributed by atoms with Crippen molar-refractivity contribution in [1.29, 1.82) is 0 Å². The van der Waals surface area contributed by atoms with Gasteiger partial charge in [0.1, 0.15) is 5.78 Å². The second kappa shape index (κ2) is 6.40. The van der Waals surface area contributed by atoms with Crippen molar-refractivity contribution >= 4 is 11.5 Å². The number of ketones is 1. The van der Waals surface area contributed by atoms with Crippen LogP contribution in [0.5, 0.6) is 0 Å². The fraction of sp³-hybridized carbons (Fsp3) is 0.588. The van der Waals surface area contributed by atoms with Crippen molar-refractivity contribution in [3.8, 4) is 0 Å². The lowest BCUT2D eigenvalue weighted by molar-refractivity contribution is -0.126. The van der Waals surface area contributed by atoms with Crippen LogP contribution in [0.15, 0.2) is 30.3 Å². The summed E-state index contributed by atoms with van der Waals surface area (Å²) in [6, 6.07) is 10.6. The quantitative estimate of drug-likeness (QED) is 0.843. The van der Waals surface area contributed by atoms with E-state index in [9.17, 15) is 4.79 Å². The van der Waals surface area contributed by atoms with E-state index < -0.39 is 0 Å². The molecule has 0 aliphatic carbocycles. The number of rotatable bonds is 4. The number of nitrogens with zero attached hydrogens (tertiary/aromatic N) is 2. The van der Waals surface area contributed by atoms with Crippen molar-refractivity contribution in [3.05, 3.63) is 30.3 Å². The summed E-state index contributed by atoms with van der Waals surface area (Å²) >= 11 is 0. The maximum atomic E-state index is 12.0. The molecule has 0 saturated carbocycles. The molecule has 0 spiro atoms. The van der Waals surface area contributed by atoms with Gasteiger partial charge >= 0.3 is 0 Å². The molecule has 0 atom stereocenters. The number of Topliss-reactive ketones (excluding diaryl/α,β-unsaturated/α-hetero) is 1. The lowest BCUT2D eigenvalue weighted by atomic mass is 9.89. The molecule has 1 aromatic rings. The highest BCUT2D eigenvalue weighted by molar-refractivity contribution is 5.83. The van der Waals surface area contributed by atoms with Crippen molar-refractivity contribution in [2.24, 2.45) is 5.41 Å². The normalized spacial score (nSPS) is 17.2. The molecule has 20 heavy (non-hydrogen) atoms. The van der Waals surface area contributed by atoms with E-state index in [0.29, 0.717) is 12.2 Å². The number of benzene rings is 1. The van der Waals surface area contributed by atoms with Crippen molar-refractivity contribution in [2.75, 3.05) is 37.6 Å². The Labute approximate surface area is 122 Å². The average Bonchev–Trinajstić information content (AvgIpc) is 2.45. The highest BCUT2D eigenvalue weighted by Gasteiger charge is 2.23. The van der Waals surface area contributed by atoms with Crippen LogP contribution in [0, 0.1) is 5.41 Å². The summed E-state index contributed by atoms with van der Waals surface area (Å²) in [4.78, 5) is 16.8. The predicted molar refractivity (Wildman–Crippen MR) is 84.2 cm³/mol. The Hall–Kier alpha value is -1.35. The number of carbonyl (C=O) groups is 1. The topological polar surface area (TPSA) is 23.6 Å². The molecule has 1 saturated heterocycles. The van der Waals surface area contributed by atoms with Crippen LogP contribution in [0.25, 0.3) is 0 Å². The third-order valence-corrected chi connectivity index (χ3v) is 3.99. The number of carbonyl (C=O) groups excluding carboxylic acids is 1. The van der Waals surface area contributed by atoms with Gasteiger partial charge in [-0.2, -0.15) is 0 Å². The van der Waals surface area contributed by atoms with E-state index >= 15 is 0 Å². The SMILES string of the molecule is CC(C)(C)C(=O)CCN1CCN(c2ccccc2)CC1. The van der Waals surface area contributed by atoms with Gasteiger partial charge in [0.05, 0.1) is 0 Å². The van der Waals surface area contributed by atoms with Crippen LogP contribution in [0.4, 0.5) is 5.69 Å². The van der Waals surface area contributed by atoms with Crippen molar-refractivity contribution in [3.63, 3.8) is 0 Å². The Morgan fingerprint density at radius 1 is 1.05 bits per heavy atom. The fourth-order valence-corrected chi connectivity index (χ4v) is 2.50. The first-order valence-electron chi connectivity index (χ1n) is 7.52. The third kappa shape index (κ3) is 4.07. The zero-order valence-corrected chi connectivity index (χ0v) is 12.9. The average molecular weight is 274 g/mol. The van der Waals surface area contributed by atoms with Gasteiger partial charge in [-0.25, -0.2) is 0 Å². The standard InChI is InChI=1S/C17H26N2O/c1-17(2,3)16(20)9-10-18-11-13-19(14-12-18)15-7-5-4-6-8-15/h4-8H,9-14H2,1-3H3. The summed E-state index contributed by atoms with van der Waals surface area (Å²) in [6.07, 6.45) is 0.675. The monoisotopic (exact) mass is 274 g/mol. The maximum absolute atomic E-state index is 12.0. The second-order valence-electron chi connectivity index (χ2n) is 6.59. The van der Waals surface area contributed by atoms with Gasteiger partial charge in [0.2, 0.25) is 0 Å².